The van der Waals surface area contributed by atoms with Crippen molar-refractivity contribution in [3.63, 3.8) is 0 Å². The van der Waals surface area contributed by atoms with Crippen LogP contribution in [-0.4, -0.2) is 0 Å². The van der Waals surface area contributed by atoms with Crippen LogP contribution in [0.4, 0.5) is 0 Å². The van der Waals surface area contributed by atoms with E-state index < -0.39 is 0 Å². The molecule has 0 saturated heterocycles. The first kappa shape index (κ1) is 12.5. The smallest absolute Gasteiger partial charge is 0.186 e. The van der Waals surface area contributed by atoms with Crippen LogP contribution in [0, 0.1) is 0 Å². The minimum absolute atomic E-state index is 0.0854. The van der Waals surface area contributed by atoms with Crippen molar-refractivity contribution >= 4 is 43.1 Å². The molecule has 5 aromatic carbocycles. The van der Waals surface area contributed by atoms with E-state index in [4.69, 9.17) is 0 Å². The van der Waals surface area contributed by atoms with Crippen molar-refractivity contribution < 1.29 is 5.11 Å². The molecule has 0 atom stereocenters. The van der Waals surface area contributed by atoms with E-state index in [0.29, 0.717) is 0 Å². The molecule has 1 radical (unpaired) electrons. The van der Waals surface area contributed by atoms with Crippen LogP contribution in [-0.2, 0) is 5.11 Å². The number of benzene rings is 5. The van der Waals surface area contributed by atoms with E-state index >= 15 is 0 Å². The van der Waals surface area contributed by atoms with Crippen LogP contribution in [0.5, 0.6) is 5.75 Å². The molecular weight excluding hydrogens is 280 g/mol. The Morgan fingerprint density at radius 3 is 1.78 bits per heavy atom. The van der Waals surface area contributed by atoms with Gasteiger partial charge in [0.1, 0.15) is 0 Å². The highest BCUT2D eigenvalue weighted by atomic mass is 16.3. The summed E-state index contributed by atoms with van der Waals surface area (Å²) in [6.07, 6.45) is 0. The summed E-state index contributed by atoms with van der Waals surface area (Å²) >= 11 is 0. The maximum absolute atomic E-state index is 12.2. The average Bonchev–Trinajstić information content (AvgIpc) is 2.59. The zero-order valence-electron chi connectivity index (χ0n) is 12.4. The summed E-state index contributed by atoms with van der Waals surface area (Å²) in [5, 5.41) is 21.2. The average molecular weight is 293 g/mol. The molecule has 0 aliphatic heterocycles. The van der Waals surface area contributed by atoms with Crippen LogP contribution >= 0.6 is 0 Å². The van der Waals surface area contributed by atoms with Gasteiger partial charge in [0.15, 0.2) is 5.75 Å². The fraction of sp³-hybridized carbons (Fsp3) is 0. The summed E-state index contributed by atoms with van der Waals surface area (Å²) < 4.78 is 0. The Hall–Kier alpha value is -3.06. The molecule has 5 aromatic rings. The van der Waals surface area contributed by atoms with Gasteiger partial charge in [0, 0.05) is 5.39 Å². The zero-order valence-corrected chi connectivity index (χ0v) is 12.4. The highest BCUT2D eigenvalue weighted by molar-refractivity contribution is 6.15. The summed E-state index contributed by atoms with van der Waals surface area (Å²) in [5.41, 5.74) is 0. The van der Waals surface area contributed by atoms with Gasteiger partial charge in [-0.15, -0.1) is 0 Å². The van der Waals surface area contributed by atoms with Crippen molar-refractivity contribution in [3.05, 3.63) is 78.9 Å². The Balaban J connectivity index is 2.01. The molecule has 0 aliphatic rings. The Kier molecular flexibility index (Phi) is 2.42. The third-order valence-corrected chi connectivity index (χ3v) is 4.66. The molecule has 0 unspecified atom stereocenters. The van der Waals surface area contributed by atoms with Crippen LogP contribution in [0.15, 0.2) is 78.9 Å². The molecule has 0 aliphatic carbocycles. The number of hydrogen-bond donors (Lipinski definition) is 0. The van der Waals surface area contributed by atoms with Crippen LogP contribution in [0.1, 0.15) is 0 Å². The van der Waals surface area contributed by atoms with E-state index in [2.05, 4.69) is 54.6 Å². The minimum atomic E-state index is 0.0854. The fourth-order valence-electron chi connectivity index (χ4n) is 3.49. The Morgan fingerprint density at radius 1 is 0.435 bits per heavy atom. The Bertz CT molecular complexity index is 1220. The van der Waals surface area contributed by atoms with Gasteiger partial charge in [0.25, 0.3) is 0 Å². The normalized spacial score (nSPS) is 11.7. The first-order valence-electron chi connectivity index (χ1n) is 7.75. The standard InChI is InChI=1S/C22H13O/c23-22-7-3-6-16-11-18-9-8-17-10-14-4-1-2-5-15(14)12-19(17)20(18)13-21(16)22/h1-13H. The molecule has 0 N–H and O–H groups in total. The lowest BCUT2D eigenvalue weighted by Gasteiger charge is -2.08. The highest BCUT2D eigenvalue weighted by Crippen LogP contribution is 2.34. The SMILES string of the molecule is [O]c1cccc2cc3ccc4cc5ccccc5cc4c3cc12. The maximum atomic E-state index is 12.2. The lowest BCUT2D eigenvalue weighted by Crippen LogP contribution is -1.81. The van der Waals surface area contributed by atoms with Crippen molar-refractivity contribution in [2.24, 2.45) is 0 Å². The van der Waals surface area contributed by atoms with E-state index in [-0.39, 0.29) is 5.75 Å². The number of rotatable bonds is 0. The van der Waals surface area contributed by atoms with Crippen LogP contribution < -0.4 is 0 Å². The van der Waals surface area contributed by atoms with Crippen molar-refractivity contribution in [1.29, 1.82) is 0 Å². The maximum Gasteiger partial charge on any atom is 0.186 e. The lowest BCUT2D eigenvalue weighted by atomic mass is 9.96. The molecule has 0 fully saturated rings. The van der Waals surface area contributed by atoms with Gasteiger partial charge >= 0.3 is 0 Å². The van der Waals surface area contributed by atoms with Gasteiger partial charge in [-0.2, -0.15) is 0 Å². The third-order valence-electron chi connectivity index (χ3n) is 4.66. The fourth-order valence-corrected chi connectivity index (χ4v) is 3.49. The monoisotopic (exact) mass is 293 g/mol. The number of hydrogen-bond acceptors (Lipinski definition) is 0. The van der Waals surface area contributed by atoms with Crippen molar-refractivity contribution in [3.8, 4) is 5.75 Å². The second kappa shape index (κ2) is 4.47. The first-order chi connectivity index (χ1) is 11.3. The second-order valence-electron chi connectivity index (χ2n) is 6.04. The molecule has 107 valence electrons. The van der Waals surface area contributed by atoms with Gasteiger partial charge in [-0.05, 0) is 68.0 Å². The molecule has 0 heterocycles. The van der Waals surface area contributed by atoms with E-state index in [0.717, 1.165) is 16.2 Å². The first-order valence-corrected chi connectivity index (χ1v) is 7.75. The number of fused-ring (bicyclic) bond motifs is 5. The summed E-state index contributed by atoms with van der Waals surface area (Å²) in [5.74, 6) is 0.0854. The predicted octanol–water partition coefficient (Wildman–Crippen LogP) is 6.44. The van der Waals surface area contributed by atoms with Crippen LogP contribution in [0.3, 0.4) is 0 Å². The molecule has 0 spiro atoms. The largest absolute Gasteiger partial charge is 0.289 e. The van der Waals surface area contributed by atoms with Crippen LogP contribution in [0.25, 0.3) is 43.1 Å². The molecule has 23 heavy (non-hydrogen) atoms. The molecule has 5 rings (SSSR count). The molecule has 1 nitrogen and oxygen atoms in total. The molecule has 0 aromatic heterocycles. The Labute approximate surface area is 133 Å². The van der Waals surface area contributed by atoms with E-state index in [1.165, 1.54) is 26.9 Å². The van der Waals surface area contributed by atoms with Gasteiger partial charge < -0.3 is 0 Å². The molecule has 0 bridgehead atoms. The topological polar surface area (TPSA) is 19.9 Å². The van der Waals surface area contributed by atoms with Gasteiger partial charge in [0.2, 0.25) is 0 Å². The third kappa shape index (κ3) is 1.80. The summed E-state index contributed by atoms with van der Waals surface area (Å²) in [4.78, 5) is 0. The molecule has 0 amide bonds. The Morgan fingerprint density at radius 2 is 1.00 bits per heavy atom. The van der Waals surface area contributed by atoms with E-state index in [1.54, 1.807) is 6.07 Å². The highest BCUT2D eigenvalue weighted by Gasteiger charge is 2.07. The van der Waals surface area contributed by atoms with Gasteiger partial charge in [0.05, 0.1) is 0 Å². The molecule has 0 saturated carbocycles. The van der Waals surface area contributed by atoms with Crippen molar-refractivity contribution in [2.45, 2.75) is 0 Å². The second-order valence-corrected chi connectivity index (χ2v) is 6.04. The summed E-state index contributed by atoms with van der Waals surface area (Å²) in [6, 6.07) is 26.8. The van der Waals surface area contributed by atoms with Crippen LogP contribution in [0.2, 0.25) is 0 Å². The van der Waals surface area contributed by atoms with Gasteiger partial charge in [-0.3, -0.25) is 5.11 Å². The molecule has 1 heteroatoms. The zero-order chi connectivity index (χ0) is 15.4. The summed E-state index contributed by atoms with van der Waals surface area (Å²) in [7, 11) is 0. The quantitative estimate of drug-likeness (QED) is 0.231. The van der Waals surface area contributed by atoms with Gasteiger partial charge in [-0.1, -0.05) is 48.5 Å². The van der Waals surface area contributed by atoms with E-state index in [1.807, 2.05) is 18.2 Å². The van der Waals surface area contributed by atoms with E-state index in [9.17, 15) is 5.11 Å². The van der Waals surface area contributed by atoms with Crippen molar-refractivity contribution in [2.75, 3.05) is 0 Å². The molecular formula is C22H13O. The minimum Gasteiger partial charge on any atom is -0.289 e. The van der Waals surface area contributed by atoms with Gasteiger partial charge in [-0.25, -0.2) is 0 Å². The lowest BCUT2D eigenvalue weighted by molar-refractivity contribution is 0.360. The van der Waals surface area contributed by atoms with Crippen molar-refractivity contribution in [1.82, 2.24) is 0 Å². The summed E-state index contributed by atoms with van der Waals surface area (Å²) in [6.45, 7) is 0. The predicted molar refractivity (Wildman–Crippen MR) is 96.6 cm³/mol.